The number of hydrogen-bond acceptors (Lipinski definition) is 3. The van der Waals surface area contributed by atoms with Crippen LogP contribution < -0.4 is 5.32 Å². The third-order valence-electron chi connectivity index (χ3n) is 3.34. The number of azo groups is 1. The first-order valence-corrected chi connectivity index (χ1v) is 7.24. The van der Waals surface area contributed by atoms with E-state index < -0.39 is 5.82 Å². The van der Waals surface area contributed by atoms with Crippen LogP contribution in [-0.4, -0.2) is 15.2 Å². The molecule has 1 heterocycles. The number of thiocarbonyl (C=S) groups is 1. The van der Waals surface area contributed by atoms with Gasteiger partial charge in [0.05, 0.1) is 5.52 Å². The fourth-order valence-corrected chi connectivity index (χ4v) is 2.34. The molecule has 0 saturated heterocycles. The molecule has 3 N–H and O–H groups in total. The van der Waals surface area contributed by atoms with Crippen LogP contribution in [0.1, 0.15) is 5.56 Å². The van der Waals surface area contributed by atoms with Gasteiger partial charge < -0.3 is 15.4 Å². The number of nitrogens with one attached hydrogen (secondary N) is 2. The van der Waals surface area contributed by atoms with Crippen LogP contribution in [0.3, 0.4) is 0 Å². The van der Waals surface area contributed by atoms with Gasteiger partial charge in [-0.2, -0.15) is 0 Å². The SMILES string of the molecule is Cc1ccccc1NC(=S)N=Nc1c(O)[nH]c2ccc(F)cc12. The van der Waals surface area contributed by atoms with Crippen LogP contribution in [0.5, 0.6) is 5.88 Å². The van der Waals surface area contributed by atoms with E-state index in [1.165, 1.54) is 18.2 Å². The third-order valence-corrected chi connectivity index (χ3v) is 3.53. The van der Waals surface area contributed by atoms with Crippen LogP contribution in [0.2, 0.25) is 0 Å². The van der Waals surface area contributed by atoms with Crippen molar-refractivity contribution in [3.05, 3.63) is 53.8 Å². The summed E-state index contributed by atoms with van der Waals surface area (Å²) < 4.78 is 13.4. The normalized spacial score (nSPS) is 11.2. The molecule has 116 valence electrons. The Hall–Kier alpha value is -2.80. The molecular formula is C16H13FN4OS. The number of H-pyrrole nitrogens is 1. The molecule has 3 rings (SSSR count). The molecule has 0 saturated carbocycles. The summed E-state index contributed by atoms with van der Waals surface area (Å²) in [5, 5.41) is 21.2. The molecule has 0 aliphatic heterocycles. The molecule has 2 aromatic carbocycles. The number of aryl methyl sites for hydroxylation is 1. The van der Waals surface area contributed by atoms with Gasteiger partial charge in [0.25, 0.3) is 0 Å². The third kappa shape index (κ3) is 3.19. The number of anilines is 1. The molecule has 0 aliphatic carbocycles. The maximum Gasteiger partial charge on any atom is 0.218 e. The number of para-hydroxylation sites is 1. The first-order chi connectivity index (χ1) is 11.0. The van der Waals surface area contributed by atoms with Crippen LogP contribution in [0.25, 0.3) is 10.9 Å². The zero-order valence-corrected chi connectivity index (χ0v) is 13.0. The summed E-state index contributed by atoms with van der Waals surface area (Å²) in [6.45, 7) is 1.94. The quantitative estimate of drug-likeness (QED) is 0.467. The summed E-state index contributed by atoms with van der Waals surface area (Å²) >= 11 is 5.12. The number of aromatic hydroxyl groups is 1. The van der Waals surface area contributed by atoms with Crippen LogP contribution in [0.15, 0.2) is 52.7 Å². The Balaban J connectivity index is 1.85. The fraction of sp³-hybridized carbons (Fsp3) is 0.0625. The van der Waals surface area contributed by atoms with Gasteiger partial charge >= 0.3 is 0 Å². The molecule has 5 nitrogen and oxygen atoms in total. The van der Waals surface area contributed by atoms with Gasteiger partial charge in [0.2, 0.25) is 11.0 Å². The predicted molar refractivity (Wildman–Crippen MR) is 91.8 cm³/mol. The van der Waals surface area contributed by atoms with E-state index >= 15 is 0 Å². The number of aromatic nitrogens is 1. The van der Waals surface area contributed by atoms with E-state index in [2.05, 4.69) is 20.5 Å². The summed E-state index contributed by atoms with van der Waals surface area (Å²) in [6, 6.07) is 11.7. The molecule has 0 unspecified atom stereocenters. The van der Waals surface area contributed by atoms with E-state index in [1.807, 2.05) is 31.2 Å². The summed E-state index contributed by atoms with van der Waals surface area (Å²) in [6.07, 6.45) is 0. The molecule has 0 amide bonds. The fourth-order valence-electron chi connectivity index (χ4n) is 2.19. The first kappa shape index (κ1) is 15.1. The van der Waals surface area contributed by atoms with E-state index in [9.17, 15) is 9.50 Å². The van der Waals surface area contributed by atoms with Crippen molar-refractivity contribution in [1.29, 1.82) is 0 Å². The molecule has 0 aliphatic rings. The van der Waals surface area contributed by atoms with Gasteiger partial charge in [0, 0.05) is 11.1 Å². The van der Waals surface area contributed by atoms with Crippen molar-refractivity contribution in [2.75, 3.05) is 5.32 Å². The van der Waals surface area contributed by atoms with Gasteiger partial charge in [-0.1, -0.05) is 18.2 Å². The van der Waals surface area contributed by atoms with Crippen LogP contribution >= 0.6 is 12.2 Å². The maximum absolute atomic E-state index is 13.4. The standard InChI is InChI=1S/C16H13FN4OS/c1-9-4-2-3-5-12(9)19-16(23)21-20-14-11-8-10(17)6-7-13(11)18-15(14)22/h2-8,18,22H,1H3,(H,19,23). The number of fused-ring (bicyclic) bond motifs is 1. The average molecular weight is 328 g/mol. The lowest BCUT2D eigenvalue weighted by Crippen LogP contribution is -2.06. The minimum absolute atomic E-state index is 0.143. The molecule has 0 atom stereocenters. The van der Waals surface area contributed by atoms with Gasteiger partial charge in [0.15, 0.2) is 5.69 Å². The molecule has 0 bridgehead atoms. The zero-order valence-electron chi connectivity index (χ0n) is 12.2. The molecule has 0 radical (unpaired) electrons. The smallest absolute Gasteiger partial charge is 0.218 e. The Morgan fingerprint density at radius 3 is 2.83 bits per heavy atom. The number of nitrogens with zero attached hydrogens (tertiary/aromatic N) is 2. The van der Waals surface area contributed by atoms with Crippen LogP contribution in [0, 0.1) is 12.7 Å². The topological polar surface area (TPSA) is 72.8 Å². The molecule has 7 heteroatoms. The maximum atomic E-state index is 13.4. The number of halogens is 1. The highest BCUT2D eigenvalue weighted by Gasteiger charge is 2.11. The van der Waals surface area contributed by atoms with Crippen molar-refractivity contribution in [3.8, 4) is 5.88 Å². The lowest BCUT2D eigenvalue weighted by Gasteiger charge is -2.05. The lowest BCUT2D eigenvalue weighted by atomic mass is 10.2. The van der Waals surface area contributed by atoms with Crippen molar-refractivity contribution in [2.45, 2.75) is 6.92 Å². The second-order valence-electron chi connectivity index (χ2n) is 4.96. The highest BCUT2D eigenvalue weighted by molar-refractivity contribution is 7.80. The molecule has 1 aromatic heterocycles. The number of hydrogen-bond donors (Lipinski definition) is 3. The first-order valence-electron chi connectivity index (χ1n) is 6.83. The summed E-state index contributed by atoms with van der Waals surface area (Å²) in [5.41, 5.74) is 2.55. The van der Waals surface area contributed by atoms with Gasteiger partial charge in [-0.3, -0.25) is 0 Å². The Labute approximate surface area is 136 Å². The zero-order chi connectivity index (χ0) is 16.4. The van der Waals surface area contributed by atoms with Crippen molar-refractivity contribution in [1.82, 2.24) is 4.98 Å². The van der Waals surface area contributed by atoms with Gasteiger partial charge in [-0.25, -0.2) is 4.39 Å². The van der Waals surface area contributed by atoms with Crippen LogP contribution in [0.4, 0.5) is 15.8 Å². The summed E-state index contributed by atoms with van der Waals surface area (Å²) in [4.78, 5) is 2.71. The highest BCUT2D eigenvalue weighted by atomic mass is 32.1. The Kier molecular flexibility index (Phi) is 4.03. The number of benzene rings is 2. The van der Waals surface area contributed by atoms with E-state index in [-0.39, 0.29) is 16.7 Å². The molecule has 0 spiro atoms. The largest absolute Gasteiger partial charge is 0.493 e. The Bertz CT molecular complexity index is 920. The van der Waals surface area contributed by atoms with Gasteiger partial charge in [0.1, 0.15) is 5.82 Å². The highest BCUT2D eigenvalue weighted by Crippen LogP contribution is 2.35. The molecule has 23 heavy (non-hydrogen) atoms. The molecular weight excluding hydrogens is 315 g/mol. The minimum atomic E-state index is -0.423. The number of rotatable bonds is 2. The van der Waals surface area contributed by atoms with Crippen LogP contribution in [-0.2, 0) is 0 Å². The minimum Gasteiger partial charge on any atom is -0.493 e. The van der Waals surface area contributed by atoms with E-state index in [4.69, 9.17) is 12.2 Å². The Morgan fingerprint density at radius 2 is 2.04 bits per heavy atom. The monoisotopic (exact) mass is 328 g/mol. The van der Waals surface area contributed by atoms with Crippen molar-refractivity contribution in [2.24, 2.45) is 10.2 Å². The van der Waals surface area contributed by atoms with Gasteiger partial charge in [-0.05, 0) is 49.0 Å². The van der Waals surface area contributed by atoms with Gasteiger partial charge in [-0.15, -0.1) is 10.2 Å². The molecule has 3 aromatic rings. The second-order valence-corrected chi connectivity index (χ2v) is 5.34. The predicted octanol–water partition coefficient (Wildman–Crippen LogP) is 4.80. The van der Waals surface area contributed by atoms with E-state index in [0.29, 0.717) is 10.9 Å². The van der Waals surface area contributed by atoms with Crippen molar-refractivity contribution in [3.63, 3.8) is 0 Å². The van der Waals surface area contributed by atoms with Crippen molar-refractivity contribution < 1.29 is 9.50 Å². The van der Waals surface area contributed by atoms with E-state index in [1.54, 1.807) is 0 Å². The average Bonchev–Trinajstić information content (AvgIpc) is 2.82. The number of aromatic amines is 1. The van der Waals surface area contributed by atoms with E-state index in [0.717, 1.165) is 11.3 Å². The second kappa shape index (κ2) is 6.13. The summed E-state index contributed by atoms with van der Waals surface area (Å²) in [7, 11) is 0. The molecule has 0 fully saturated rings. The van der Waals surface area contributed by atoms with Crippen molar-refractivity contribution >= 4 is 39.6 Å². The summed E-state index contributed by atoms with van der Waals surface area (Å²) in [5.74, 6) is -0.610. The Morgan fingerprint density at radius 1 is 1.26 bits per heavy atom. The lowest BCUT2D eigenvalue weighted by molar-refractivity contribution is 0.459.